The van der Waals surface area contributed by atoms with Gasteiger partial charge in [-0.2, -0.15) is 0 Å². The molecular formula is C15H15BrN4. The minimum atomic E-state index is 0.796. The van der Waals surface area contributed by atoms with Crippen molar-refractivity contribution in [2.75, 3.05) is 6.54 Å². The van der Waals surface area contributed by atoms with Crippen LogP contribution in [0.2, 0.25) is 0 Å². The number of halogens is 1. The van der Waals surface area contributed by atoms with Crippen LogP contribution in [-0.4, -0.2) is 20.9 Å². The number of hydrogen-bond donors (Lipinski definition) is 1. The summed E-state index contributed by atoms with van der Waals surface area (Å²) in [5.41, 5.74) is 3.36. The lowest BCUT2D eigenvalue weighted by atomic mass is 10.1. The van der Waals surface area contributed by atoms with Gasteiger partial charge in [0.15, 0.2) is 5.65 Å². The van der Waals surface area contributed by atoms with E-state index in [0.717, 1.165) is 35.5 Å². The van der Waals surface area contributed by atoms with Crippen molar-refractivity contribution >= 4 is 21.6 Å². The first-order valence-corrected chi connectivity index (χ1v) is 7.34. The van der Waals surface area contributed by atoms with Crippen molar-refractivity contribution in [1.29, 1.82) is 0 Å². The zero-order valence-corrected chi connectivity index (χ0v) is 12.5. The Bertz CT molecular complexity index is 693. The van der Waals surface area contributed by atoms with Gasteiger partial charge in [-0.25, -0.2) is 9.97 Å². The monoisotopic (exact) mass is 330 g/mol. The average Bonchev–Trinajstić information content (AvgIpc) is 2.87. The molecule has 102 valence electrons. The van der Waals surface area contributed by atoms with Crippen LogP contribution in [0.1, 0.15) is 11.3 Å². The summed E-state index contributed by atoms with van der Waals surface area (Å²) < 4.78 is 2.86. The Morgan fingerprint density at radius 2 is 1.95 bits per heavy atom. The van der Waals surface area contributed by atoms with Gasteiger partial charge in [0, 0.05) is 12.7 Å². The Morgan fingerprint density at radius 3 is 2.80 bits per heavy atom. The molecule has 2 aromatic heterocycles. The van der Waals surface area contributed by atoms with Crippen molar-refractivity contribution in [2.24, 2.45) is 0 Å². The highest BCUT2D eigenvalue weighted by Crippen LogP contribution is 2.10. The number of benzene rings is 1. The third-order valence-corrected chi connectivity index (χ3v) is 3.59. The second-order valence-corrected chi connectivity index (χ2v) is 5.41. The van der Waals surface area contributed by atoms with Crippen LogP contribution >= 0.6 is 15.9 Å². The van der Waals surface area contributed by atoms with E-state index in [2.05, 4.69) is 55.5 Å². The number of nitrogens with one attached hydrogen (secondary N) is 1. The van der Waals surface area contributed by atoms with Crippen LogP contribution in [0.15, 0.2) is 53.5 Å². The highest BCUT2D eigenvalue weighted by Gasteiger charge is 2.03. The molecule has 0 aliphatic carbocycles. The molecule has 20 heavy (non-hydrogen) atoms. The Kier molecular flexibility index (Phi) is 4.08. The molecule has 0 aliphatic heterocycles. The minimum absolute atomic E-state index is 0.796. The third kappa shape index (κ3) is 3.05. The van der Waals surface area contributed by atoms with Gasteiger partial charge in [-0.15, -0.1) is 0 Å². The van der Waals surface area contributed by atoms with Gasteiger partial charge in [0.05, 0.1) is 18.1 Å². The molecule has 0 spiro atoms. The first-order chi connectivity index (χ1) is 9.83. The zero-order valence-electron chi connectivity index (χ0n) is 11.0. The molecule has 0 radical (unpaired) electrons. The maximum Gasteiger partial charge on any atom is 0.155 e. The summed E-state index contributed by atoms with van der Waals surface area (Å²) in [4.78, 5) is 8.51. The fraction of sp³-hybridized carbons (Fsp3) is 0.200. The highest BCUT2D eigenvalue weighted by atomic mass is 79.9. The van der Waals surface area contributed by atoms with Crippen molar-refractivity contribution in [2.45, 2.75) is 13.0 Å². The van der Waals surface area contributed by atoms with E-state index in [1.807, 2.05) is 22.9 Å². The predicted octanol–water partition coefficient (Wildman–Crippen LogP) is 2.82. The third-order valence-electron chi connectivity index (χ3n) is 3.18. The lowest BCUT2D eigenvalue weighted by Crippen LogP contribution is -2.17. The van der Waals surface area contributed by atoms with Gasteiger partial charge in [-0.05, 0) is 34.5 Å². The molecule has 0 aliphatic rings. The van der Waals surface area contributed by atoms with E-state index in [9.17, 15) is 0 Å². The summed E-state index contributed by atoms with van der Waals surface area (Å²) in [6.45, 7) is 1.74. The van der Waals surface area contributed by atoms with Crippen molar-refractivity contribution < 1.29 is 0 Å². The minimum Gasteiger partial charge on any atom is -0.311 e. The standard InChI is InChI=1S/C15H15BrN4/c16-14-11-20-13(9-19-15(20)10-18-14)8-17-7-6-12-4-2-1-3-5-12/h1-5,9-11,17H,6-8H2. The molecule has 3 aromatic rings. The topological polar surface area (TPSA) is 42.2 Å². The molecule has 2 heterocycles. The second kappa shape index (κ2) is 6.15. The van der Waals surface area contributed by atoms with E-state index in [0.29, 0.717) is 0 Å². The van der Waals surface area contributed by atoms with E-state index in [1.54, 1.807) is 6.20 Å². The first kappa shape index (κ1) is 13.3. The first-order valence-electron chi connectivity index (χ1n) is 6.55. The normalized spacial score (nSPS) is 11.1. The molecule has 5 heteroatoms. The lowest BCUT2D eigenvalue weighted by Gasteiger charge is -2.05. The quantitative estimate of drug-likeness (QED) is 0.731. The van der Waals surface area contributed by atoms with Crippen molar-refractivity contribution in [3.63, 3.8) is 0 Å². The van der Waals surface area contributed by atoms with Crippen LogP contribution in [0.3, 0.4) is 0 Å². The van der Waals surface area contributed by atoms with E-state index in [-0.39, 0.29) is 0 Å². The summed E-state index contributed by atoms with van der Waals surface area (Å²) in [5, 5.41) is 3.45. The summed E-state index contributed by atoms with van der Waals surface area (Å²) >= 11 is 3.38. The molecule has 0 saturated heterocycles. The summed E-state index contributed by atoms with van der Waals surface area (Å²) in [6.07, 6.45) is 6.62. The van der Waals surface area contributed by atoms with Crippen LogP contribution in [0.25, 0.3) is 5.65 Å². The van der Waals surface area contributed by atoms with Gasteiger partial charge in [-0.1, -0.05) is 30.3 Å². The van der Waals surface area contributed by atoms with Gasteiger partial charge in [0.25, 0.3) is 0 Å². The smallest absolute Gasteiger partial charge is 0.155 e. The molecule has 0 atom stereocenters. The number of hydrogen-bond acceptors (Lipinski definition) is 3. The molecule has 3 rings (SSSR count). The Morgan fingerprint density at radius 1 is 1.10 bits per heavy atom. The van der Waals surface area contributed by atoms with Crippen molar-refractivity contribution in [3.05, 3.63) is 64.8 Å². The molecule has 1 N–H and O–H groups in total. The van der Waals surface area contributed by atoms with Gasteiger partial charge < -0.3 is 5.32 Å². The van der Waals surface area contributed by atoms with Crippen molar-refractivity contribution in [3.8, 4) is 0 Å². The SMILES string of the molecule is Brc1cn2c(CNCCc3ccccc3)cnc2cn1. The van der Waals surface area contributed by atoms with Gasteiger partial charge in [-0.3, -0.25) is 4.40 Å². The Labute approximate surface area is 126 Å². The van der Waals surface area contributed by atoms with Crippen LogP contribution in [0, 0.1) is 0 Å². The fourth-order valence-corrected chi connectivity index (χ4v) is 2.45. The lowest BCUT2D eigenvalue weighted by molar-refractivity contribution is 0.670. The van der Waals surface area contributed by atoms with E-state index < -0.39 is 0 Å². The summed E-state index contributed by atoms with van der Waals surface area (Å²) in [7, 11) is 0. The van der Waals surface area contributed by atoms with E-state index in [4.69, 9.17) is 0 Å². The maximum atomic E-state index is 4.34. The number of imidazole rings is 1. The molecule has 0 bridgehead atoms. The molecule has 0 saturated carbocycles. The molecule has 4 nitrogen and oxygen atoms in total. The van der Waals surface area contributed by atoms with Crippen LogP contribution in [-0.2, 0) is 13.0 Å². The molecule has 0 unspecified atom stereocenters. The summed E-state index contributed by atoms with van der Waals surface area (Å²) in [5.74, 6) is 0. The van der Waals surface area contributed by atoms with Crippen LogP contribution < -0.4 is 5.32 Å². The predicted molar refractivity (Wildman–Crippen MR) is 82.5 cm³/mol. The molecule has 1 aromatic carbocycles. The molecule has 0 fully saturated rings. The van der Waals surface area contributed by atoms with E-state index >= 15 is 0 Å². The summed E-state index contributed by atoms with van der Waals surface area (Å²) in [6, 6.07) is 10.5. The largest absolute Gasteiger partial charge is 0.311 e. The van der Waals surface area contributed by atoms with Crippen molar-refractivity contribution in [1.82, 2.24) is 19.7 Å². The zero-order chi connectivity index (χ0) is 13.8. The number of nitrogens with zero attached hydrogens (tertiary/aromatic N) is 3. The van der Waals surface area contributed by atoms with Gasteiger partial charge in [0.1, 0.15) is 4.60 Å². The fourth-order valence-electron chi connectivity index (χ4n) is 2.14. The Balaban J connectivity index is 1.59. The van der Waals surface area contributed by atoms with Crippen LogP contribution in [0.4, 0.5) is 0 Å². The highest BCUT2D eigenvalue weighted by molar-refractivity contribution is 9.10. The molecular weight excluding hydrogens is 316 g/mol. The van der Waals surface area contributed by atoms with Gasteiger partial charge in [0.2, 0.25) is 0 Å². The number of fused-ring (bicyclic) bond motifs is 1. The Hall–Kier alpha value is -1.72. The second-order valence-electron chi connectivity index (χ2n) is 4.60. The average molecular weight is 331 g/mol. The maximum absolute atomic E-state index is 4.34. The van der Waals surface area contributed by atoms with E-state index in [1.165, 1.54) is 5.56 Å². The van der Waals surface area contributed by atoms with Crippen LogP contribution in [0.5, 0.6) is 0 Å². The number of aromatic nitrogens is 3. The molecule has 0 amide bonds. The number of rotatable bonds is 5. The van der Waals surface area contributed by atoms with Gasteiger partial charge >= 0.3 is 0 Å².